The largest absolute Gasteiger partial charge is 0.350 e. The van der Waals surface area contributed by atoms with Crippen molar-refractivity contribution in [3.8, 4) is 0 Å². The average molecular weight is 319 g/mol. The molecule has 1 amide bonds. The summed E-state index contributed by atoms with van der Waals surface area (Å²) in [5.74, 6) is 0.648. The molecule has 0 radical (unpaired) electrons. The van der Waals surface area contributed by atoms with Crippen LogP contribution in [0.5, 0.6) is 0 Å². The van der Waals surface area contributed by atoms with Crippen LogP contribution in [0.25, 0.3) is 0 Å². The van der Waals surface area contributed by atoms with Gasteiger partial charge in [-0.15, -0.1) is 11.3 Å². The van der Waals surface area contributed by atoms with E-state index in [1.165, 1.54) is 11.3 Å². The molecule has 7 heteroatoms. The van der Waals surface area contributed by atoms with Crippen LogP contribution in [0.4, 0.5) is 0 Å². The van der Waals surface area contributed by atoms with Crippen LogP contribution >= 0.6 is 11.3 Å². The highest BCUT2D eigenvalue weighted by Crippen LogP contribution is 2.17. The SMILES string of the molecule is O=C(CN1CCC[C@H](Cn2cncn2)C1)NCc1cccs1. The van der Waals surface area contributed by atoms with Gasteiger partial charge < -0.3 is 5.32 Å². The van der Waals surface area contributed by atoms with Gasteiger partial charge in [0.05, 0.1) is 13.1 Å². The number of piperidine rings is 1. The fraction of sp³-hybridized carbons (Fsp3) is 0.533. The van der Waals surface area contributed by atoms with Crippen molar-refractivity contribution in [3.05, 3.63) is 35.0 Å². The number of thiophene rings is 1. The standard InChI is InChI=1S/C15H21N5OS/c21-15(17-7-14-4-2-6-22-14)10-19-5-1-3-13(8-19)9-20-12-16-11-18-20/h2,4,6,11-13H,1,3,5,7-10H2,(H,17,21)/t13-/m0/s1. The van der Waals surface area contributed by atoms with Crippen LogP contribution < -0.4 is 5.32 Å². The number of carbonyl (C=O) groups excluding carboxylic acids is 1. The third kappa shape index (κ3) is 4.38. The second-order valence-electron chi connectivity index (χ2n) is 5.72. The molecule has 0 aliphatic carbocycles. The molecule has 1 aliphatic rings. The summed E-state index contributed by atoms with van der Waals surface area (Å²) >= 11 is 1.67. The number of rotatable bonds is 6. The number of nitrogens with one attached hydrogen (secondary N) is 1. The van der Waals surface area contributed by atoms with Crippen molar-refractivity contribution in [2.45, 2.75) is 25.9 Å². The predicted molar refractivity (Wildman–Crippen MR) is 85.4 cm³/mol. The summed E-state index contributed by atoms with van der Waals surface area (Å²) in [6.07, 6.45) is 5.65. The minimum atomic E-state index is 0.106. The van der Waals surface area contributed by atoms with Crippen molar-refractivity contribution in [2.75, 3.05) is 19.6 Å². The molecule has 0 aromatic carbocycles. The normalized spacial score (nSPS) is 19.2. The molecule has 3 rings (SSSR count). The summed E-state index contributed by atoms with van der Waals surface area (Å²) in [5, 5.41) is 9.19. The second-order valence-corrected chi connectivity index (χ2v) is 6.75. The zero-order valence-corrected chi connectivity index (χ0v) is 13.3. The van der Waals surface area contributed by atoms with Gasteiger partial charge in [-0.2, -0.15) is 5.10 Å². The van der Waals surface area contributed by atoms with Gasteiger partial charge in [0.25, 0.3) is 0 Å². The molecule has 2 aromatic rings. The van der Waals surface area contributed by atoms with Crippen LogP contribution in [-0.2, 0) is 17.9 Å². The van der Waals surface area contributed by atoms with Crippen molar-refractivity contribution in [3.63, 3.8) is 0 Å². The van der Waals surface area contributed by atoms with Crippen LogP contribution in [0.1, 0.15) is 17.7 Å². The van der Waals surface area contributed by atoms with Gasteiger partial charge in [-0.25, -0.2) is 4.98 Å². The minimum Gasteiger partial charge on any atom is -0.350 e. The Hall–Kier alpha value is -1.73. The minimum absolute atomic E-state index is 0.106. The van der Waals surface area contributed by atoms with Gasteiger partial charge in [0.1, 0.15) is 12.7 Å². The summed E-state index contributed by atoms with van der Waals surface area (Å²) in [6, 6.07) is 4.05. The lowest BCUT2D eigenvalue weighted by atomic mass is 9.98. The van der Waals surface area contributed by atoms with Gasteiger partial charge in [-0.3, -0.25) is 14.4 Å². The smallest absolute Gasteiger partial charge is 0.234 e. The molecule has 1 atom stereocenters. The average Bonchev–Trinajstić information content (AvgIpc) is 3.19. The van der Waals surface area contributed by atoms with Crippen molar-refractivity contribution in [1.29, 1.82) is 0 Å². The highest BCUT2D eigenvalue weighted by atomic mass is 32.1. The fourth-order valence-corrected chi connectivity index (χ4v) is 3.54. The quantitative estimate of drug-likeness (QED) is 0.873. The van der Waals surface area contributed by atoms with Crippen molar-refractivity contribution in [2.24, 2.45) is 5.92 Å². The van der Waals surface area contributed by atoms with Gasteiger partial charge in [0.15, 0.2) is 0 Å². The second kappa shape index (κ2) is 7.51. The molecule has 0 unspecified atom stereocenters. The summed E-state index contributed by atoms with van der Waals surface area (Å²) < 4.78 is 1.88. The molecular weight excluding hydrogens is 298 g/mol. The van der Waals surface area contributed by atoms with Crippen LogP contribution in [0, 0.1) is 5.92 Å². The summed E-state index contributed by atoms with van der Waals surface area (Å²) in [7, 11) is 0. The Kier molecular flexibility index (Phi) is 5.18. The van der Waals surface area contributed by atoms with E-state index in [1.807, 2.05) is 22.2 Å². The van der Waals surface area contributed by atoms with E-state index in [-0.39, 0.29) is 5.91 Å². The molecule has 0 bridgehead atoms. The highest BCUT2D eigenvalue weighted by molar-refractivity contribution is 7.09. The van der Waals surface area contributed by atoms with E-state index in [0.29, 0.717) is 19.0 Å². The Balaban J connectivity index is 1.42. The first-order chi connectivity index (χ1) is 10.8. The molecule has 0 saturated carbocycles. The van der Waals surface area contributed by atoms with Gasteiger partial charge >= 0.3 is 0 Å². The Bertz CT molecular complexity index is 569. The number of likely N-dealkylation sites (tertiary alicyclic amines) is 1. The molecule has 3 heterocycles. The molecule has 2 aromatic heterocycles. The molecular formula is C15H21N5OS. The third-order valence-corrected chi connectivity index (χ3v) is 4.80. The Morgan fingerprint density at radius 2 is 2.45 bits per heavy atom. The Morgan fingerprint density at radius 1 is 1.50 bits per heavy atom. The van der Waals surface area contributed by atoms with Crippen LogP contribution in [-0.4, -0.2) is 45.2 Å². The maximum atomic E-state index is 12.1. The molecule has 6 nitrogen and oxygen atoms in total. The number of amides is 1. The lowest BCUT2D eigenvalue weighted by Gasteiger charge is -2.32. The van der Waals surface area contributed by atoms with Gasteiger partial charge in [-0.05, 0) is 36.8 Å². The van der Waals surface area contributed by atoms with Crippen molar-refractivity contribution < 1.29 is 4.79 Å². The Morgan fingerprint density at radius 3 is 3.23 bits per heavy atom. The van der Waals surface area contributed by atoms with E-state index in [0.717, 1.165) is 26.1 Å². The van der Waals surface area contributed by atoms with E-state index in [2.05, 4.69) is 20.3 Å². The molecule has 0 spiro atoms. The van der Waals surface area contributed by atoms with Gasteiger partial charge in [0, 0.05) is 18.0 Å². The molecule has 1 fully saturated rings. The highest BCUT2D eigenvalue weighted by Gasteiger charge is 2.22. The molecule has 1 aliphatic heterocycles. The van der Waals surface area contributed by atoms with Gasteiger partial charge in [-0.1, -0.05) is 6.07 Å². The topological polar surface area (TPSA) is 63.1 Å². The first-order valence-electron chi connectivity index (χ1n) is 7.63. The van der Waals surface area contributed by atoms with E-state index < -0.39 is 0 Å². The monoisotopic (exact) mass is 319 g/mol. The molecule has 118 valence electrons. The lowest BCUT2D eigenvalue weighted by Crippen LogP contribution is -2.43. The first kappa shape index (κ1) is 15.2. The zero-order chi connectivity index (χ0) is 15.2. The number of carbonyl (C=O) groups is 1. The predicted octanol–water partition coefficient (Wildman–Crippen LogP) is 1.37. The van der Waals surface area contributed by atoms with Crippen molar-refractivity contribution >= 4 is 17.2 Å². The zero-order valence-electron chi connectivity index (χ0n) is 12.5. The van der Waals surface area contributed by atoms with Crippen LogP contribution in [0.15, 0.2) is 30.2 Å². The van der Waals surface area contributed by atoms with Crippen molar-refractivity contribution in [1.82, 2.24) is 25.0 Å². The number of hydrogen-bond acceptors (Lipinski definition) is 5. The van der Waals surface area contributed by atoms with E-state index >= 15 is 0 Å². The summed E-state index contributed by atoms with van der Waals surface area (Å²) in [6.45, 7) is 3.95. The third-order valence-electron chi connectivity index (χ3n) is 3.92. The van der Waals surface area contributed by atoms with E-state index in [9.17, 15) is 4.79 Å². The van der Waals surface area contributed by atoms with E-state index in [1.54, 1.807) is 24.0 Å². The van der Waals surface area contributed by atoms with E-state index in [4.69, 9.17) is 0 Å². The maximum absolute atomic E-state index is 12.1. The van der Waals surface area contributed by atoms with Crippen LogP contribution in [0.2, 0.25) is 0 Å². The first-order valence-corrected chi connectivity index (χ1v) is 8.51. The molecule has 1 N–H and O–H groups in total. The van der Waals surface area contributed by atoms with Crippen LogP contribution in [0.3, 0.4) is 0 Å². The molecule has 22 heavy (non-hydrogen) atoms. The number of aromatic nitrogens is 3. The van der Waals surface area contributed by atoms with Gasteiger partial charge in [0.2, 0.25) is 5.91 Å². The lowest BCUT2D eigenvalue weighted by molar-refractivity contribution is -0.122. The number of hydrogen-bond donors (Lipinski definition) is 1. The maximum Gasteiger partial charge on any atom is 0.234 e. The molecule has 1 saturated heterocycles. The number of nitrogens with zero attached hydrogens (tertiary/aromatic N) is 4. The fourth-order valence-electron chi connectivity index (χ4n) is 2.89. The summed E-state index contributed by atoms with van der Waals surface area (Å²) in [5.41, 5.74) is 0. The Labute approximate surface area is 134 Å². The summed E-state index contributed by atoms with van der Waals surface area (Å²) in [4.78, 5) is 19.5.